The van der Waals surface area contributed by atoms with Gasteiger partial charge in [0, 0.05) is 21.6 Å². The average Bonchev–Trinajstić information content (AvgIpc) is 3.26. The van der Waals surface area contributed by atoms with E-state index in [1.54, 1.807) is 56.3 Å². The Morgan fingerprint density at radius 3 is 2.38 bits per heavy atom. The zero-order valence-corrected chi connectivity index (χ0v) is 20.4. The zero-order valence-electron chi connectivity index (χ0n) is 18.8. The molecule has 0 unspecified atom stereocenters. The molecule has 0 saturated carbocycles. The predicted molar refractivity (Wildman–Crippen MR) is 135 cm³/mol. The topological polar surface area (TPSA) is 89.8 Å². The van der Waals surface area contributed by atoms with E-state index in [2.05, 4.69) is 26.6 Å². The molecule has 0 bridgehead atoms. The second kappa shape index (κ2) is 9.61. The van der Waals surface area contributed by atoms with E-state index in [-0.39, 0.29) is 11.7 Å². The van der Waals surface area contributed by atoms with Crippen LogP contribution in [-0.2, 0) is 4.79 Å². The lowest BCUT2D eigenvalue weighted by atomic mass is 10.1. The van der Waals surface area contributed by atoms with Gasteiger partial charge in [-0.1, -0.05) is 34.1 Å². The summed E-state index contributed by atoms with van der Waals surface area (Å²) >= 11 is 3.38. The van der Waals surface area contributed by atoms with Crippen molar-refractivity contribution in [2.75, 3.05) is 17.7 Å². The first-order valence-electron chi connectivity index (χ1n) is 10.5. The van der Waals surface area contributed by atoms with Crippen molar-refractivity contribution in [3.63, 3.8) is 0 Å². The lowest BCUT2D eigenvalue weighted by Crippen LogP contribution is -2.42. The SMILES string of the molecule is COc1cc(NC(=O)C(C)(C)Oc2ccc(Br)cc2)ccc1NC(=O)c1cc2ccccc2o1. The monoisotopic (exact) mass is 522 g/mol. The number of nitrogens with one attached hydrogen (secondary N) is 2. The predicted octanol–water partition coefficient (Wildman–Crippen LogP) is 6.25. The third-order valence-electron chi connectivity index (χ3n) is 5.09. The van der Waals surface area contributed by atoms with E-state index in [0.717, 1.165) is 9.86 Å². The van der Waals surface area contributed by atoms with Crippen molar-refractivity contribution in [3.8, 4) is 11.5 Å². The maximum Gasteiger partial charge on any atom is 0.291 e. The first-order chi connectivity index (χ1) is 16.2. The molecule has 2 amide bonds. The first kappa shape index (κ1) is 23.4. The lowest BCUT2D eigenvalue weighted by Gasteiger charge is -2.25. The number of para-hydroxylation sites is 1. The van der Waals surface area contributed by atoms with E-state index in [9.17, 15) is 9.59 Å². The van der Waals surface area contributed by atoms with Gasteiger partial charge in [0.1, 0.15) is 17.1 Å². The van der Waals surface area contributed by atoms with E-state index >= 15 is 0 Å². The second-order valence-electron chi connectivity index (χ2n) is 8.04. The molecule has 2 N–H and O–H groups in total. The maximum absolute atomic E-state index is 12.9. The van der Waals surface area contributed by atoms with E-state index in [1.807, 2.05) is 30.3 Å². The summed E-state index contributed by atoms with van der Waals surface area (Å²) in [5.74, 6) is 0.401. The third-order valence-corrected chi connectivity index (χ3v) is 5.62. The summed E-state index contributed by atoms with van der Waals surface area (Å²) in [6, 6.07) is 21.3. The van der Waals surface area contributed by atoms with Crippen LogP contribution >= 0.6 is 15.9 Å². The highest BCUT2D eigenvalue weighted by molar-refractivity contribution is 9.10. The lowest BCUT2D eigenvalue weighted by molar-refractivity contribution is -0.128. The van der Waals surface area contributed by atoms with Crippen LogP contribution in [0.15, 0.2) is 81.7 Å². The average molecular weight is 523 g/mol. The van der Waals surface area contributed by atoms with E-state index in [1.165, 1.54) is 7.11 Å². The first-order valence-corrected chi connectivity index (χ1v) is 11.3. The minimum absolute atomic E-state index is 0.187. The Balaban J connectivity index is 1.46. The van der Waals surface area contributed by atoms with Crippen molar-refractivity contribution in [3.05, 3.63) is 83.0 Å². The number of furan rings is 1. The van der Waals surface area contributed by atoms with Crippen molar-refractivity contribution < 1.29 is 23.5 Å². The molecule has 1 aromatic heterocycles. The third kappa shape index (κ3) is 5.23. The highest BCUT2D eigenvalue weighted by Gasteiger charge is 2.30. The summed E-state index contributed by atoms with van der Waals surface area (Å²) in [5.41, 5.74) is 0.438. The Bertz CT molecular complexity index is 1310. The summed E-state index contributed by atoms with van der Waals surface area (Å²) < 4.78 is 17.8. The van der Waals surface area contributed by atoms with Crippen LogP contribution in [0.4, 0.5) is 11.4 Å². The largest absolute Gasteiger partial charge is 0.494 e. The molecule has 7 nitrogen and oxygen atoms in total. The van der Waals surface area contributed by atoms with Gasteiger partial charge in [-0.3, -0.25) is 9.59 Å². The van der Waals surface area contributed by atoms with Crippen molar-refractivity contribution in [2.24, 2.45) is 0 Å². The molecule has 1 heterocycles. The normalized spacial score (nSPS) is 11.2. The van der Waals surface area contributed by atoms with Crippen LogP contribution < -0.4 is 20.1 Å². The molecule has 174 valence electrons. The van der Waals surface area contributed by atoms with Gasteiger partial charge < -0.3 is 24.5 Å². The van der Waals surface area contributed by atoms with Gasteiger partial charge in [0.05, 0.1) is 12.8 Å². The molecular formula is C26H23BrN2O5. The van der Waals surface area contributed by atoms with Gasteiger partial charge in [0.2, 0.25) is 0 Å². The van der Waals surface area contributed by atoms with Gasteiger partial charge in [-0.2, -0.15) is 0 Å². The highest BCUT2D eigenvalue weighted by atomic mass is 79.9. The number of fused-ring (bicyclic) bond motifs is 1. The van der Waals surface area contributed by atoms with Gasteiger partial charge in [-0.15, -0.1) is 0 Å². The van der Waals surface area contributed by atoms with Gasteiger partial charge >= 0.3 is 0 Å². The number of benzene rings is 3. The van der Waals surface area contributed by atoms with Crippen molar-refractivity contribution in [1.29, 1.82) is 0 Å². The number of ether oxygens (including phenoxy) is 2. The second-order valence-corrected chi connectivity index (χ2v) is 8.95. The van der Waals surface area contributed by atoms with Crippen LogP contribution in [0, 0.1) is 0 Å². The van der Waals surface area contributed by atoms with Crippen LogP contribution in [0.5, 0.6) is 11.5 Å². The van der Waals surface area contributed by atoms with Gasteiger partial charge in [-0.05, 0) is 62.4 Å². The molecule has 4 aromatic rings. The highest BCUT2D eigenvalue weighted by Crippen LogP contribution is 2.30. The molecule has 0 radical (unpaired) electrons. The van der Waals surface area contributed by atoms with E-state index in [4.69, 9.17) is 13.9 Å². The van der Waals surface area contributed by atoms with Gasteiger partial charge in [0.25, 0.3) is 11.8 Å². The fraction of sp³-hybridized carbons (Fsp3) is 0.154. The quantitative estimate of drug-likeness (QED) is 0.299. The molecule has 0 aliphatic heterocycles. The minimum atomic E-state index is -1.13. The number of methoxy groups -OCH3 is 1. The van der Waals surface area contributed by atoms with Crippen molar-refractivity contribution in [2.45, 2.75) is 19.4 Å². The molecular weight excluding hydrogens is 500 g/mol. The molecule has 3 aromatic carbocycles. The molecule has 0 saturated heterocycles. The Morgan fingerprint density at radius 2 is 1.68 bits per heavy atom. The molecule has 0 aliphatic rings. The summed E-state index contributed by atoms with van der Waals surface area (Å²) in [7, 11) is 1.48. The van der Waals surface area contributed by atoms with Gasteiger partial charge in [0.15, 0.2) is 11.4 Å². The Morgan fingerprint density at radius 1 is 0.941 bits per heavy atom. The summed E-state index contributed by atoms with van der Waals surface area (Å²) in [6.07, 6.45) is 0. The fourth-order valence-electron chi connectivity index (χ4n) is 3.28. The number of carbonyl (C=O) groups excluding carboxylic acids is 2. The molecule has 0 spiro atoms. The summed E-state index contributed by atoms with van der Waals surface area (Å²) in [5, 5.41) is 6.46. The molecule has 0 aliphatic carbocycles. The summed E-state index contributed by atoms with van der Waals surface area (Å²) in [6.45, 7) is 3.37. The number of rotatable bonds is 7. The van der Waals surface area contributed by atoms with Crippen LogP contribution in [0.3, 0.4) is 0 Å². The Kier molecular flexibility index (Phi) is 6.61. The number of hydrogen-bond acceptors (Lipinski definition) is 5. The Hall–Kier alpha value is -3.78. The van der Waals surface area contributed by atoms with Crippen LogP contribution in [-0.4, -0.2) is 24.5 Å². The maximum atomic E-state index is 12.9. The zero-order chi connectivity index (χ0) is 24.3. The van der Waals surface area contributed by atoms with E-state index < -0.39 is 11.5 Å². The number of amides is 2. The number of anilines is 2. The smallest absolute Gasteiger partial charge is 0.291 e. The van der Waals surface area contributed by atoms with Crippen LogP contribution in [0.25, 0.3) is 11.0 Å². The molecule has 0 fully saturated rings. The number of carbonyl (C=O) groups is 2. The molecule has 8 heteroatoms. The standard InChI is InChI=1S/C26H23BrN2O5/c1-26(2,34-19-11-8-17(27)9-12-19)25(31)28-18-10-13-20(22(15-18)32-3)29-24(30)23-14-16-6-4-5-7-21(16)33-23/h4-15H,1-3H3,(H,28,31)(H,29,30). The number of hydrogen-bond donors (Lipinski definition) is 2. The molecule has 0 atom stereocenters. The van der Waals surface area contributed by atoms with Crippen LogP contribution in [0.1, 0.15) is 24.4 Å². The van der Waals surface area contributed by atoms with E-state index in [0.29, 0.717) is 28.5 Å². The van der Waals surface area contributed by atoms with Crippen molar-refractivity contribution in [1.82, 2.24) is 0 Å². The van der Waals surface area contributed by atoms with Gasteiger partial charge in [-0.25, -0.2) is 0 Å². The minimum Gasteiger partial charge on any atom is -0.494 e. The Labute approximate surface area is 205 Å². The van der Waals surface area contributed by atoms with Crippen molar-refractivity contribution >= 4 is 50.1 Å². The summed E-state index contributed by atoms with van der Waals surface area (Å²) in [4.78, 5) is 25.6. The molecule has 4 rings (SSSR count). The van der Waals surface area contributed by atoms with Crippen LogP contribution in [0.2, 0.25) is 0 Å². The fourth-order valence-corrected chi connectivity index (χ4v) is 3.54. The molecule has 34 heavy (non-hydrogen) atoms. The number of halogens is 1.